The summed E-state index contributed by atoms with van der Waals surface area (Å²) in [5, 5.41) is 66.6. The Hall–Kier alpha value is -7.44. The van der Waals surface area contributed by atoms with Gasteiger partial charge in [-0.05, 0) is 24.3 Å². The van der Waals surface area contributed by atoms with Crippen molar-refractivity contribution in [2.75, 3.05) is 56.9 Å². The molecule has 6 atom stereocenters. The van der Waals surface area contributed by atoms with Crippen molar-refractivity contribution in [2.24, 2.45) is 0 Å². The zero-order chi connectivity index (χ0) is 52.8. The third-order valence-electron chi connectivity index (χ3n) is 10.8. The Morgan fingerprint density at radius 1 is 0.403 bits per heavy atom. The van der Waals surface area contributed by atoms with Crippen molar-refractivity contribution >= 4 is 22.7 Å². The number of methoxy groups -OCH3 is 8. The minimum absolute atomic E-state index is 0.0137. The number of nitro groups is 4. The predicted octanol–water partition coefficient (Wildman–Crippen LogP) is 5.41. The lowest BCUT2D eigenvalue weighted by atomic mass is 10.1. The number of ether oxygens (including phenoxy) is 14. The second-order valence-corrected chi connectivity index (χ2v) is 15.1. The number of rotatable bonds is 24. The summed E-state index contributed by atoms with van der Waals surface area (Å²) >= 11 is 0. The van der Waals surface area contributed by atoms with E-state index < -0.39 is 57.1 Å². The molecule has 2 aliphatic heterocycles. The molecule has 28 nitrogen and oxygen atoms in total. The highest BCUT2D eigenvalue weighted by molar-refractivity contribution is 5.56. The Balaban J connectivity index is 0.000000267. The first-order valence-corrected chi connectivity index (χ1v) is 21.1. The summed E-state index contributed by atoms with van der Waals surface area (Å²) in [5.74, 6) is 1.86. The number of benzene rings is 4. The van der Waals surface area contributed by atoms with Crippen molar-refractivity contribution < 1.29 is 96.2 Å². The Bertz CT molecular complexity index is 2390. The lowest BCUT2D eigenvalue weighted by Gasteiger charge is -2.17. The van der Waals surface area contributed by atoms with Crippen molar-refractivity contribution in [3.05, 3.63) is 111 Å². The standard InChI is InChI=1S/2C22H26N2O12/c2*1-30-17-5-12(14(23(26)27)7-19(17)32-3)10-34-21-9-16(25)22(36-21)35-11-13-6-18(31-2)20(33-4)8-15(13)24(28)29/h2*5-8,16,21-22,25H,9-11H2,1-4H3/t2*16-,21-,22+/m00/s1. The molecule has 2 N–H and O–H groups in total. The minimum Gasteiger partial charge on any atom is -0.493 e. The van der Waals surface area contributed by atoms with E-state index in [0.29, 0.717) is 0 Å². The van der Waals surface area contributed by atoms with Gasteiger partial charge in [0.05, 0.1) is 150 Å². The fourth-order valence-corrected chi connectivity index (χ4v) is 7.22. The molecule has 0 unspecified atom stereocenters. The lowest BCUT2D eigenvalue weighted by Crippen LogP contribution is -2.24. The largest absolute Gasteiger partial charge is 0.493 e. The topological polar surface area (TPSA) is 342 Å². The molecule has 0 saturated carbocycles. The van der Waals surface area contributed by atoms with Gasteiger partial charge in [0.2, 0.25) is 0 Å². The van der Waals surface area contributed by atoms with Crippen molar-refractivity contribution in [3.8, 4) is 46.0 Å². The third-order valence-corrected chi connectivity index (χ3v) is 10.8. The van der Waals surface area contributed by atoms with Crippen LogP contribution in [0.5, 0.6) is 46.0 Å². The zero-order valence-corrected chi connectivity index (χ0v) is 40.0. The van der Waals surface area contributed by atoms with Gasteiger partial charge in [0.25, 0.3) is 22.7 Å². The van der Waals surface area contributed by atoms with Crippen molar-refractivity contribution in [1.29, 1.82) is 0 Å². The van der Waals surface area contributed by atoms with Gasteiger partial charge in [0.15, 0.2) is 71.2 Å². The molecule has 6 rings (SSSR count). The Morgan fingerprint density at radius 3 is 0.819 bits per heavy atom. The minimum atomic E-state index is -1.15. The SMILES string of the molecule is COc1cc(CO[C@@H]2C[C@H](O)[C@H](OCc3cc(OC)c(OC)cc3[N+](=O)[O-])O2)c([N+](=O)[O-])cc1OC.COc1cc(CO[C@@H]2C[C@H](O)[C@H](OCc3cc(OC)c(OC)cc3[N+](=O)[O-])O2)c([N+](=O)[O-])cc1OC. The van der Waals surface area contributed by atoms with E-state index in [2.05, 4.69) is 0 Å². The summed E-state index contributed by atoms with van der Waals surface area (Å²) in [6.45, 7) is -0.984. The summed E-state index contributed by atoms with van der Waals surface area (Å²) in [5.41, 5.74) is -0.207. The van der Waals surface area contributed by atoms with Crippen molar-refractivity contribution in [3.63, 3.8) is 0 Å². The number of aliphatic hydroxyl groups is 2. The van der Waals surface area contributed by atoms with E-state index in [9.17, 15) is 50.7 Å². The normalized spacial score (nSPS) is 19.1. The first kappa shape index (κ1) is 55.5. The Labute approximate surface area is 409 Å². The average molecular weight is 1020 g/mol. The summed E-state index contributed by atoms with van der Waals surface area (Å²) < 4.78 is 74.7. The number of hydrogen-bond acceptors (Lipinski definition) is 24. The lowest BCUT2D eigenvalue weighted by molar-refractivity contribution is -0.386. The number of hydrogen-bond donors (Lipinski definition) is 2. The fraction of sp³-hybridized carbons (Fsp3) is 0.455. The molecule has 2 heterocycles. The highest BCUT2D eigenvalue weighted by atomic mass is 16.8. The van der Waals surface area contributed by atoms with Crippen LogP contribution in [0, 0.1) is 40.5 Å². The second-order valence-electron chi connectivity index (χ2n) is 15.1. The quantitative estimate of drug-likeness (QED) is 0.0654. The highest BCUT2D eigenvalue weighted by Gasteiger charge is 2.38. The molecular formula is C44H52N4O24. The molecule has 392 valence electrons. The van der Waals surface area contributed by atoms with Crippen LogP contribution in [0.1, 0.15) is 35.1 Å². The third kappa shape index (κ3) is 13.5. The maximum atomic E-state index is 11.5. The molecule has 2 saturated heterocycles. The van der Waals surface area contributed by atoms with E-state index in [1.807, 2.05) is 0 Å². The zero-order valence-electron chi connectivity index (χ0n) is 40.0. The van der Waals surface area contributed by atoms with Gasteiger partial charge >= 0.3 is 0 Å². The molecule has 0 amide bonds. The molecule has 0 spiro atoms. The predicted molar refractivity (Wildman–Crippen MR) is 243 cm³/mol. The van der Waals surface area contributed by atoms with E-state index in [0.717, 1.165) is 0 Å². The van der Waals surface area contributed by atoms with Gasteiger partial charge in [0, 0.05) is 12.8 Å². The molecule has 28 heteroatoms. The molecule has 0 bridgehead atoms. The van der Waals surface area contributed by atoms with Crippen LogP contribution in [-0.2, 0) is 54.8 Å². The smallest absolute Gasteiger partial charge is 0.278 e. The van der Waals surface area contributed by atoms with Crippen LogP contribution in [0.15, 0.2) is 48.5 Å². The van der Waals surface area contributed by atoms with Crippen LogP contribution in [0.4, 0.5) is 22.7 Å². The van der Waals surface area contributed by atoms with E-state index in [4.69, 9.17) is 66.3 Å². The fourth-order valence-electron chi connectivity index (χ4n) is 7.22. The Kier molecular flexibility index (Phi) is 19.7. The van der Waals surface area contributed by atoms with Crippen LogP contribution in [-0.4, -0.2) is 124 Å². The molecule has 0 radical (unpaired) electrons. The number of aliphatic hydroxyl groups excluding tert-OH is 2. The molecule has 72 heavy (non-hydrogen) atoms. The molecule has 4 aromatic carbocycles. The molecule has 0 aromatic heterocycles. The summed E-state index contributed by atoms with van der Waals surface area (Å²) in [6, 6.07) is 10.5. The Morgan fingerprint density at radius 2 is 0.611 bits per heavy atom. The first-order valence-electron chi connectivity index (χ1n) is 21.1. The monoisotopic (exact) mass is 1020 g/mol. The van der Waals surface area contributed by atoms with Crippen LogP contribution in [0.2, 0.25) is 0 Å². The van der Waals surface area contributed by atoms with Gasteiger partial charge in [-0.15, -0.1) is 0 Å². The molecule has 4 aromatic rings. The molecule has 0 aliphatic carbocycles. The first-order chi connectivity index (χ1) is 34.4. The van der Waals surface area contributed by atoms with Gasteiger partial charge in [-0.3, -0.25) is 40.5 Å². The second kappa shape index (κ2) is 25.6. The van der Waals surface area contributed by atoms with E-state index >= 15 is 0 Å². The van der Waals surface area contributed by atoms with Crippen LogP contribution in [0.3, 0.4) is 0 Å². The van der Waals surface area contributed by atoms with Gasteiger partial charge in [0.1, 0.15) is 12.2 Å². The van der Waals surface area contributed by atoms with Gasteiger partial charge in [-0.2, -0.15) is 0 Å². The summed E-state index contributed by atoms with van der Waals surface area (Å²) in [7, 11) is 11.0. The summed E-state index contributed by atoms with van der Waals surface area (Å²) in [6.07, 6.45) is -6.37. The van der Waals surface area contributed by atoms with Crippen LogP contribution in [0.25, 0.3) is 0 Å². The molecular weight excluding hydrogens is 968 g/mol. The van der Waals surface area contributed by atoms with Crippen molar-refractivity contribution in [1.82, 2.24) is 0 Å². The number of nitro benzene ring substituents is 4. The molecule has 2 fully saturated rings. The van der Waals surface area contributed by atoms with Gasteiger partial charge in [-0.1, -0.05) is 0 Å². The van der Waals surface area contributed by atoms with E-state index in [-0.39, 0.29) is 130 Å². The van der Waals surface area contributed by atoms with E-state index in [1.54, 1.807) is 0 Å². The highest BCUT2D eigenvalue weighted by Crippen LogP contribution is 2.40. The van der Waals surface area contributed by atoms with Crippen LogP contribution >= 0.6 is 0 Å². The van der Waals surface area contributed by atoms with Gasteiger partial charge < -0.3 is 76.5 Å². The average Bonchev–Trinajstić information content (AvgIpc) is 3.93. The van der Waals surface area contributed by atoms with Crippen LogP contribution < -0.4 is 37.9 Å². The number of nitrogens with zero attached hydrogens (tertiary/aromatic N) is 4. The van der Waals surface area contributed by atoms with Gasteiger partial charge in [-0.25, -0.2) is 0 Å². The van der Waals surface area contributed by atoms with Crippen molar-refractivity contribution in [2.45, 2.75) is 76.6 Å². The summed E-state index contributed by atoms with van der Waals surface area (Å²) in [4.78, 5) is 43.6. The maximum absolute atomic E-state index is 11.5. The maximum Gasteiger partial charge on any atom is 0.278 e. The van der Waals surface area contributed by atoms with E-state index in [1.165, 1.54) is 105 Å². The molecule has 2 aliphatic rings.